The first kappa shape index (κ1) is 11.3. The SMILES string of the molecule is C=CC1CC(c2ccc(-c3ccccc3)cc2)C1. The standard InChI is InChI=1S/C18H18/c1-2-14-12-18(13-14)17-10-8-16(9-11-17)15-6-4-3-5-7-15/h2-11,14,18H,1,12-13H2. The van der Waals surface area contributed by atoms with Gasteiger partial charge in [-0.15, -0.1) is 6.58 Å². The van der Waals surface area contributed by atoms with Crippen molar-refractivity contribution in [3.05, 3.63) is 72.8 Å². The summed E-state index contributed by atoms with van der Waals surface area (Å²) in [6.07, 6.45) is 4.64. The van der Waals surface area contributed by atoms with Gasteiger partial charge in [0.25, 0.3) is 0 Å². The lowest BCUT2D eigenvalue weighted by Crippen LogP contribution is -2.19. The zero-order valence-electron chi connectivity index (χ0n) is 10.5. The van der Waals surface area contributed by atoms with E-state index < -0.39 is 0 Å². The normalized spacial score (nSPS) is 22.2. The van der Waals surface area contributed by atoms with Crippen LogP contribution in [0.3, 0.4) is 0 Å². The Morgan fingerprint density at radius 3 is 2.06 bits per heavy atom. The van der Waals surface area contributed by atoms with Crippen LogP contribution >= 0.6 is 0 Å². The third-order valence-corrected chi connectivity index (χ3v) is 4.00. The second-order valence-corrected chi connectivity index (χ2v) is 5.15. The van der Waals surface area contributed by atoms with Crippen molar-refractivity contribution in [3.63, 3.8) is 0 Å². The Labute approximate surface area is 109 Å². The molecule has 0 aromatic heterocycles. The maximum absolute atomic E-state index is 3.86. The Hall–Kier alpha value is -1.82. The quantitative estimate of drug-likeness (QED) is 0.653. The Kier molecular flexibility index (Phi) is 3.02. The van der Waals surface area contributed by atoms with Crippen molar-refractivity contribution >= 4 is 0 Å². The molecule has 0 heterocycles. The Bertz CT molecular complexity index is 516. The predicted octanol–water partition coefficient (Wildman–Crippen LogP) is 5.03. The van der Waals surface area contributed by atoms with Crippen molar-refractivity contribution in [1.82, 2.24) is 0 Å². The van der Waals surface area contributed by atoms with Crippen molar-refractivity contribution in [3.8, 4) is 11.1 Å². The molecular formula is C18H18. The molecule has 0 unspecified atom stereocenters. The summed E-state index contributed by atoms with van der Waals surface area (Å²) in [5.74, 6) is 1.49. The lowest BCUT2D eigenvalue weighted by atomic mass is 9.71. The second kappa shape index (κ2) is 4.81. The predicted molar refractivity (Wildman–Crippen MR) is 77.5 cm³/mol. The minimum absolute atomic E-state index is 0.740. The molecule has 0 radical (unpaired) electrons. The number of benzene rings is 2. The van der Waals surface area contributed by atoms with E-state index in [2.05, 4.69) is 67.3 Å². The maximum Gasteiger partial charge on any atom is -0.0151 e. The summed E-state index contributed by atoms with van der Waals surface area (Å²) in [7, 11) is 0. The molecule has 0 heteroatoms. The minimum Gasteiger partial charge on any atom is -0.103 e. The van der Waals surface area contributed by atoms with Gasteiger partial charge in [-0.25, -0.2) is 0 Å². The molecule has 90 valence electrons. The first-order valence-corrected chi connectivity index (χ1v) is 6.65. The van der Waals surface area contributed by atoms with E-state index in [4.69, 9.17) is 0 Å². The average molecular weight is 234 g/mol. The van der Waals surface area contributed by atoms with Gasteiger partial charge in [-0.3, -0.25) is 0 Å². The molecule has 0 spiro atoms. The van der Waals surface area contributed by atoms with Crippen LogP contribution in [0.5, 0.6) is 0 Å². The van der Waals surface area contributed by atoms with Gasteiger partial charge in [-0.2, -0.15) is 0 Å². The van der Waals surface area contributed by atoms with Gasteiger partial charge in [0.1, 0.15) is 0 Å². The molecule has 1 saturated carbocycles. The van der Waals surface area contributed by atoms with E-state index >= 15 is 0 Å². The van der Waals surface area contributed by atoms with Crippen LogP contribution in [0.25, 0.3) is 11.1 Å². The van der Waals surface area contributed by atoms with Crippen LogP contribution in [0.15, 0.2) is 67.3 Å². The Morgan fingerprint density at radius 2 is 1.44 bits per heavy atom. The third-order valence-electron chi connectivity index (χ3n) is 4.00. The Balaban J connectivity index is 1.76. The van der Waals surface area contributed by atoms with E-state index in [0.29, 0.717) is 0 Å². The molecule has 2 aromatic carbocycles. The van der Waals surface area contributed by atoms with E-state index in [1.54, 1.807) is 0 Å². The molecule has 0 amide bonds. The molecule has 1 fully saturated rings. The molecule has 1 aliphatic carbocycles. The lowest BCUT2D eigenvalue weighted by Gasteiger charge is -2.33. The van der Waals surface area contributed by atoms with Crippen LogP contribution < -0.4 is 0 Å². The molecular weight excluding hydrogens is 216 g/mol. The van der Waals surface area contributed by atoms with Gasteiger partial charge in [0.15, 0.2) is 0 Å². The highest BCUT2D eigenvalue weighted by molar-refractivity contribution is 5.63. The van der Waals surface area contributed by atoms with Gasteiger partial charge >= 0.3 is 0 Å². The molecule has 0 aliphatic heterocycles. The van der Waals surface area contributed by atoms with Gasteiger partial charge < -0.3 is 0 Å². The number of allylic oxidation sites excluding steroid dienone is 1. The average Bonchev–Trinajstić information content (AvgIpc) is 2.39. The summed E-state index contributed by atoms with van der Waals surface area (Å²) in [5, 5.41) is 0. The molecule has 0 N–H and O–H groups in total. The molecule has 2 aromatic rings. The molecule has 1 aliphatic rings. The van der Waals surface area contributed by atoms with Crippen LogP contribution in [-0.4, -0.2) is 0 Å². The van der Waals surface area contributed by atoms with Gasteiger partial charge in [-0.1, -0.05) is 60.7 Å². The van der Waals surface area contributed by atoms with Crippen LogP contribution in [0, 0.1) is 5.92 Å². The monoisotopic (exact) mass is 234 g/mol. The number of rotatable bonds is 3. The molecule has 3 rings (SSSR count). The highest BCUT2D eigenvalue weighted by Gasteiger charge is 2.27. The van der Waals surface area contributed by atoms with Gasteiger partial charge in [0, 0.05) is 0 Å². The van der Waals surface area contributed by atoms with E-state index in [1.165, 1.54) is 29.5 Å². The zero-order chi connectivity index (χ0) is 12.4. The summed E-state index contributed by atoms with van der Waals surface area (Å²) in [6.45, 7) is 3.86. The largest absolute Gasteiger partial charge is 0.103 e. The van der Waals surface area contributed by atoms with Crippen LogP contribution in [0.4, 0.5) is 0 Å². The zero-order valence-corrected chi connectivity index (χ0v) is 10.5. The first-order valence-electron chi connectivity index (χ1n) is 6.65. The van der Waals surface area contributed by atoms with Crippen molar-refractivity contribution in [1.29, 1.82) is 0 Å². The Morgan fingerprint density at radius 1 is 0.833 bits per heavy atom. The van der Waals surface area contributed by atoms with E-state index in [-0.39, 0.29) is 0 Å². The van der Waals surface area contributed by atoms with Gasteiger partial charge in [0.05, 0.1) is 0 Å². The number of hydrogen-bond donors (Lipinski definition) is 0. The van der Waals surface area contributed by atoms with E-state index in [0.717, 1.165) is 11.8 Å². The first-order chi connectivity index (χ1) is 8.86. The van der Waals surface area contributed by atoms with Crippen molar-refractivity contribution in [2.75, 3.05) is 0 Å². The summed E-state index contributed by atoms with van der Waals surface area (Å²) in [5.41, 5.74) is 4.08. The molecule has 0 nitrogen and oxygen atoms in total. The van der Waals surface area contributed by atoms with Crippen LogP contribution in [-0.2, 0) is 0 Å². The summed E-state index contributed by atoms with van der Waals surface area (Å²) in [4.78, 5) is 0. The molecule has 0 bridgehead atoms. The summed E-state index contributed by atoms with van der Waals surface area (Å²) >= 11 is 0. The number of hydrogen-bond acceptors (Lipinski definition) is 0. The molecule has 0 saturated heterocycles. The van der Waals surface area contributed by atoms with Gasteiger partial charge in [-0.05, 0) is 41.4 Å². The van der Waals surface area contributed by atoms with Crippen LogP contribution in [0.2, 0.25) is 0 Å². The summed E-state index contributed by atoms with van der Waals surface area (Å²) < 4.78 is 0. The molecule has 0 atom stereocenters. The van der Waals surface area contributed by atoms with Crippen molar-refractivity contribution in [2.45, 2.75) is 18.8 Å². The van der Waals surface area contributed by atoms with Gasteiger partial charge in [0.2, 0.25) is 0 Å². The van der Waals surface area contributed by atoms with E-state index in [9.17, 15) is 0 Å². The fourth-order valence-electron chi connectivity index (χ4n) is 2.70. The summed E-state index contributed by atoms with van der Waals surface area (Å²) in [6, 6.07) is 19.6. The highest BCUT2D eigenvalue weighted by Crippen LogP contribution is 2.42. The second-order valence-electron chi connectivity index (χ2n) is 5.15. The van der Waals surface area contributed by atoms with Crippen molar-refractivity contribution < 1.29 is 0 Å². The van der Waals surface area contributed by atoms with Crippen molar-refractivity contribution in [2.24, 2.45) is 5.92 Å². The van der Waals surface area contributed by atoms with E-state index in [1.807, 2.05) is 0 Å². The lowest BCUT2D eigenvalue weighted by molar-refractivity contribution is 0.323. The molecule has 18 heavy (non-hydrogen) atoms. The third kappa shape index (κ3) is 2.11. The minimum atomic E-state index is 0.740. The maximum atomic E-state index is 3.86. The highest BCUT2D eigenvalue weighted by atomic mass is 14.3. The fraction of sp³-hybridized carbons (Fsp3) is 0.222. The van der Waals surface area contributed by atoms with Crippen LogP contribution in [0.1, 0.15) is 24.3 Å². The smallest absolute Gasteiger partial charge is 0.0151 e. The topological polar surface area (TPSA) is 0 Å². The fourth-order valence-corrected chi connectivity index (χ4v) is 2.70.